The number of rotatable bonds is 6. The van der Waals surface area contributed by atoms with Crippen LogP contribution in [-0.4, -0.2) is 34.2 Å². The minimum absolute atomic E-state index is 0.0522. The van der Waals surface area contributed by atoms with Crippen LogP contribution in [0.3, 0.4) is 0 Å². The molecular weight excluding hydrogens is 398 g/mol. The SMILES string of the molecule is CC[C@@H](C)N1C(=O)/C(=C/c2ccc(OC(=O)c3ccco3)c(OC)c2)SC1=S. The largest absolute Gasteiger partial charge is 0.493 e. The number of carbonyl (C=O) groups excluding carboxylic acids is 2. The van der Waals surface area contributed by atoms with Crippen LogP contribution in [0.2, 0.25) is 0 Å². The van der Waals surface area contributed by atoms with Gasteiger partial charge in [-0.15, -0.1) is 0 Å². The molecule has 8 heteroatoms. The van der Waals surface area contributed by atoms with Crippen molar-refractivity contribution in [2.75, 3.05) is 7.11 Å². The lowest BCUT2D eigenvalue weighted by atomic mass is 10.1. The number of carbonyl (C=O) groups is 2. The summed E-state index contributed by atoms with van der Waals surface area (Å²) in [5.74, 6) is 0.00114. The van der Waals surface area contributed by atoms with E-state index in [9.17, 15) is 9.59 Å². The Balaban J connectivity index is 1.82. The summed E-state index contributed by atoms with van der Waals surface area (Å²) >= 11 is 6.62. The number of amides is 1. The van der Waals surface area contributed by atoms with Crippen molar-refractivity contribution in [3.63, 3.8) is 0 Å². The molecule has 0 spiro atoms. The average molecular weight is 418 g/mol. The Labute approximate surface area is 172 Å². The van der Waals surface area contributed by atoms with Crippen molar-refractivity contribution >= 4 is 46.3 Å². The lowest BCUT2D eigenvalue weighted by Crippen LogP contribution is -2.36. The van der Waals surface area contributed by atoms with E-state index in [1.165, 1.54) is 31.2 Å². The Morgan fingerprint density at radius 2 is 2.14 bits per heavy atom. The Morgan fingerprint density at radius 1 is 1.36 bits per heavy atom. The third-order valence-electron chi connectivity index (χ3n) is 4.27. The van der Waals surface area contributed by atoms with Gasteiger partial charge in [0.2, 0.25) is 5.76 Å². The molecule has 2 aromatic rings. The molecule has 1 aromatic carbocycles. The molecule has 0 bridgehead atoms. The first-order chi connectivity index (χ1) is 13.4. The fourth-order valence-electron chi connectivity index (χ4n) is 2.60. The van der Waals surface area contributed by atoms with Crippen LogP contribution in [-0.2, 0) is 4.79 Å². The van der Waals surface area contributed by atoms with Crippen LogP contribution in [0.1, 0.15) is 36.4 Å². The highest BCUT2D eigenvalue weighted by molar-refractivity contribution is 8.26. The van der Waals surface area contributed by atoms with Crippen LogP contribution in [0, 0.1) is 0 Å². The lowest BCUT2D eigenvalue weighted by Gasteiger charge is -2.21. The summed E-state index contributed by atoms with van der Waals surface area (Å²) in [7, 11) is 1.48. The van der Waals surface area contributed by atoms with Crippen LogP contribution < -0.4 is 9.47 Å². The standard InChI is InChI=1S/C20H19NO5S2/c1-4-12(2)21-18(22)17(28-20(21)27)11-13-7-8-14(16(10-13)24-3)26-19(23)15-6-5-9-25-15/h5-12H,4H2,1-3H3/b17-11-/t12-/m1/s1. The minimum Gasteiger partial charge on any atom is -0.493 e. The molecule has 6 nitrogen and oxygen atoms in total. The van der Waals surface area contributed by atoms with E-state index >= 15 is 0 Å². The van der Waals surface area contributed by atoms with Crippen molar-refractivity contribution < 1.29 is 23.5 Å². The average Bonchev–Trinajstić information content (AvgIpc) is 3.31. The summed E-state index contributed by atoms with van der Waals surface area (Å²) < 4.78 is 16.2. The Hall–Kier alpha value is -2.58. The van der Waals surface area contributed by atoms with Crippen LogP contribution in [0.4, 0.5) is 0 Å². The molecule has 1 aromatic heterocycles. The van der Waals surface area contributed by atoms with Crippen molar-refractivity contribution in [1.29, 1.82) is 0 Å². The minimum atomic E-state index is -0.620. The second kappa shape index (κ2) is 8.62. The van der Waals surface area contributed by atoms with Gasteiger partial charge < -0.3 is 13.9 Å². The summed E-state index contributed by atoms with van der Waals surface area (Å²) in [5, 5.41) is 0. The van der Waals surface area contributed by atoms with E-state index in [0.717, 1.165) is 12.0 Å². The number of thiocarbonyl (C=S) groups is 1. The lowest BCUT2D eigenvalue weighted by molar-refractivity contribution is -0.123. The molecule has 1 amide bonds. The molecule has 3 rings (SSSR count). The monoisotopic (exact) mass is 417 g/mol. The van der Waals surface area contributed by atoms with Crippen molar-refractivity contribution in [2.24, 2.45) is 0 Å². The van der Waals surface area contributed by atoms with Gasteiger partial charge in [-0.05, 0) is 49.2 Å². The number of thioether (sulfide) groups is 1. The zero-order chi connectivity index (χ0) is 20.3. The molecule has 2 heterocycles. The van der Waals surface area contributed by atoms with Crippen molar-refractivity contribution in [1.82, 2.24) is 4.90 Å². The normalized spacial score (nSPS) is 16.5. The van der Waals surface area contributed by atoms with Crippen LogP contribution in [0.25, 0.3) is 6.08 Å². The number of nitrogens with zero attached hydrogens (tertiary/aromatic N) is 1. The summed E-state index contributed by atoms with van der Waals surface area (Å²) in [6, 6.07) is 8.22. The maximum absolute atomic E-state index is 12.7. The van der Waals surface area contributed by atoms with E-state index in [2.05, 4.69) is 0 Å². The van der Waals surface area contributed by atoms with Crippen LogP contribution in [0.5, 0.6) is 11.5 Å². The van der Waals surface area contributed by atoms with Crippen molar-refractivity contribution in [3.05, 3.63) is 52.8 Å². The Kier molecular flexibility index (Phi) is 6.21. The fraction of sp³-hybridized carbons (Fsp3) is 0.250. The van der Waals surface area contributed by atoms with E-state index in [-0.39, 0.29) is 23.5 Å². The maximum atomic E-state index is 12.7. The summed E-state index contributed by atoms with van der Waals surface area (Å²) in [4.78, 5) is 26.9. The number of benzene rings is 1. The van der Waals surface area contributed by atoms with E-state index in [1.54, 1.807) is 35.2 Å². The van der Waals surface area contributed by atoms with Gasteiger partial charge in [0.1, 0.15) is 4.32 Å². The molecule has 1 aliphatic heterocycles. The summed E-state index contributed by atoms with van der Waals surface area (Å²) in [6.45, 7) is 3.99. The van der Waals surface area contributed by atoms with Crippen molar-refractivity contribution in [3.8, 4) is 11.5 Å². The van der Waals surface area contributed by atoms with E-state index in [1.807, 2.05) is 13.8 Å². The quantitative estimate of drug-likeness (QED) is 0.296. The predicted octanol–water partition coefficient (Wildman–Crippen LogP) is 4.51. The molecule has 28 heavy (non-hydrogen) atoms. The smallest absolute Gasteiger partial charge is 0.379 e. The van der Waals surface area contributed by atoms with Crippen LogP contribution >= 0.6 is 24.0 Å². The van der Waals surface area contributed by atoms with Gasteiger partial charge in [-0.2, -0.15) is 0 Å². The number of esters is 1. The van der Waals surface area contributed by atoms with E-state index in [4.69, 9.17) is 26.1 Å². The van der Waals surface area contributed by atoms with E-state index < -0.39 is 5.97 Å². The van der Waals surface area contributed by atoms with Gasteiger partial charge in [0, 0.05) is 6.04 Å². The molecule has 0 aliphatic carbocycles. The molecular formula is C20H19NO5S2. The zero-order valence-electron chi connectivity index (χ0n) is 15.6. The zero-order valence-corrected chi connectivity index (χ0v) is 17.3. The first-order valence-electron chi connectivity index (χ1n) is 8.65. The number of hydrogen-bond donors (Lipinski definition) is 0. The molecule has 0 unspecified atom stereocenters. The van der Waals surface area contributed by atoms with Gasteiger partial charge in [-0.25, -0.2) is 4.79 Å². The summed E-state index contributed by atoms with van der Waals surface area (Å²) in [5.41, 5.74) is 0.735. The molecule has 0 radical (unpaired) electrons. The third kappa shape index (κ3) is 4.13. The highest BCUT2D eigenvalue weighted by atomic mass is 32.2. The van der Waals surface area contributed by atoms with Gasteiger partial charge in [0.15, 0.2) is 11.5 Å². The van der Waals surface area contributed by atoms with Gasteiger partial charge in [-0.1, -0.05) is 37.0 Å². The molecule has 0 N–H and O–H groups in total. The molecule has 1 atom stereocenters. The Bertz CT molecular complexity index is 936. The highest BCUT2D eigenvalue weighted by Gasteiger charge is 2.34. The van der Waals surface area contributed by atoms with Crippen molar-refractivity contribution in [2.45, 2.75) is 26.3 Å². The third-order valence-corrected chi connectivity index (χ3v) is 5.60. The number of furan rings is 1. The topological polar surface area (TPSA) is 69.0 Å². The van der Waals surface area contributed by atoms with E-state index in [0.29, 0.717) is 15.0 Å². The molecule has 146 valence electrons. The predicted molar refractivity (Wildman–Crippen MR) is 111 cm³/mol. The highest BCUT2D eigenvalue weighted by Crippen LogP contribution is 2.36. The number of hydrogen-bond acceptors (Lipinski definition) is 7. The van der Waals surface area contributed by atoms with Gasteiger partial charge in [0.25, 0.3) is 5.91 Å². The van der Waals surface area contributed by atoms with Crippen LogP contribution in [0.15, 0.2) is 45.9 Å². The van der Waals surface area contributed by atoms with Gasteiger partial charge >= 0.3 is 5.97 Å². The molecule has 1 aliphatic rings. The summed E-state index contributed by atoms with van der Waals surface area (Å²) in [6.07, 6.45) is 3.97. The van der Waals surface area contributed by atoms with Gasteiger partial charge in [0.05, 0.1) is 18.3 Å². The second-order valence-electron chi connectivity index (χ2n) is 6.09. The fourth-order valence-corrected chi connectivity index (χ4v) is 4.06. The maximum Gasteiger partial charge on any atom is 0.379 e. The first kappa shape index (κ1) is 20.2. The van der Waals surface area contributed by atoms with Gasteiger partial charge in [-0.3, -0.25) is 9.69 Å². The molecule has 0 saturated carbocycles. The number of ether oxygens (including phenoxy) is 2. The second-order valence-corrected chi connectivity index (χ2v) is 7.76. The molecule has 1 fully saturated rings. The first-order valence-corrected chi connectivity index (χ1v) is 9.87. The Morgan fingerprint density at radius 3 is 2.79 bits per heavy atom. The molecule has 1 saturated heterocycles. The number of methoxy groups -OCH3 is 1.